The summed E-state index contributed by atoms with van der Waals surface area (Å²) in [6, 6.07) is 22.6. The predicted octanol–water partition coefficient (Wildman–Crippen LogP) is 4.25. The fourth-order valence-electron chi connectivity index (χ4n) is 3.79. The van der Waals surface area contributed by atoms with Gasteiger partial charge in [-0.25, -0.2) is 4.79 Å². The molecule has 164 valence electrons. The minimum absolute atomic E-state index is 0.0221. The second kappa shape index (κ2) is 9.43. The van der Waals surface area contributed by atoms with Crippen LogP contribution >= 0.6 is 0 Å². The maximum Gasteiger partial charge on any atom is 0.325 e. The number of benzene rings is 3. The van der Waals surface area contributed by atoms with E-state index in [0.29, 0.717) is 36.0 Å². The second-order valence-corrected chi connectivity index (χ2v) is 7.35. The summed E-state index contributed by atoms with van der Waals surface area (Å²) in [5, 5.41) is 2.96. The van der Waals surface area contributed by atoms with Gasteiger partial charge in [0.1, 0.15) is 6.54 Å². The summed E-state index contributed by atoms with van der Waals surface area (Å²) < 4.78 is 10.6. The Balaban J connectivity index is 1.44. The lowest BCUT2D eigenvalue weighted by Gasteiger charge is -2.20. The van der Waals surface area contributed by atoms with E-state index in [-0.39, 0.29) is 18.5 Å². The van der Waals surface area contributed by atoms with Crippen molar-refractivity contribution in [1.29, 1.82) is 0 Å². The number of amides is 3. The van der Waals surface area contributed by atoms with E-state index in [0.717, 1.165) is 11.1 Å². The van der Waals surface area contributed by atoms with E-state index in [2.05, 4.69) is 5.32 Å². The molecule has 1 aliphatic rings. The lowest BCUT2D eigenvalue weighted by Crippen LogP contribution is -2.37. The Hall–Kier alpha value is -4.00. The molecule has 0 saturated carbocycles. The summed E-state index contributed by atoms with van der Waals surface area (Å²) in [5.74, 6) is 0.901. The van der Waals surface area contributed by atoms with Gasteiger partial charge in [0.2, 0.25) is 5.91 Å². The normalized spacial score (nSPS) is 13.2. The number of urea groups is 1. The highest BCUT2D eigenvalue weighted by Crippen LogP contribution is 2.33. The molecule has 1 saturated heterocycles. The molecule has 1 fully saturated rings. The van der Waals surface area contributed by atoms with Crippen molar-refractivity contribution in [2.45, 2.75) is 0 Å². The zero-order valence-electron chi connectivity index (χ0n) is 18.1. The van der Waals surface area contributed by atoms with Crippen LogP contribution in [0.4, 0.5) is 16.2 Å². The highest BCUT2D eigenvalue weighted by atomic mass is 16.5. The zero-order chi connectivity index (χ0) is 22.5. The summed E-state index contributed by atoms with van der Waals surface area (Å²) in [6.45, 7) is 0.925. The molecule has 3 aromatic carbocycles. The molecule has 4 rings (SSSR count). The van der Waals surface area contributed by atoms with Crippen LogP contribution in [0.25, 0.3) is 11.1 Å². The molecule has 0 aliphatic carbocycles. The third-order valence-electron chi connectivity index (χ3n) is 5.39. The minimum Gasteiger partial charge on any atom is -0.493 e. The van der Waals surface area contributed by atoms with Gasteiger partial charge in [-0.15, -0.1) is 0 Å². The molecule has 1 N–H and O–H groups in total. The molecule has 0 aromatic heterocycles. The van der Waals surface area contributed by atoms with Crippen LogP contribution in [-0.2, 0) is 4.79 Å². The molecular formula is C25H25N3O4. The van der Waals surface area contributed by atoms with Crippen molar-refractivity contribution < 1.29 is 19.1 Å². The van der Waals surface area contributed by atoms with Crippen LogP contribution in [0.1, 0.15) is 0 Å². The van der Waals surface area contributed by atoms with Crippen molar-refractivity contribution in [2.75, 3.05) is 44.1 Å². The van der Waals surface area contributed by atoms with Gasteiger partial charge in [0.05, 0.1) is 14.2 Å². The van der Waals surface area contributed by atoms with Gasteiger partial charge in [-0.05, 0) is 23.8 Å². The summed E-state index contributed by atoms with van der Waals surface area (Å²) >= 11 is 0. The van der Waals surface area contributed by atoms with Gasteiger partial charge >= 0.3 is 6.03 Å². The van der Waals surface area contributed by atoms with Crippen molar-refractivity contribution in [2.24, 2.45) is 0 Å². The van der Waals surface area contributed by atoms with Crippen molar-refractivity contribution in [3.8, 4) is 22.6 Å². The van der Waals surface area contributed by atoms with Crippen LogP contribution in [0.15, 0.2) is 72.8 Å². The standard InChI is InChI=1S/C25H25N3O4/c1-31-22-13-12-19(16-23(22)32-2)28-15-14-27(25(28)30)17-24(29)26-21-11-7-6-10-20(21)18-8-4-3-5-9-18/h3-13,16H,14-15,17H2,1-2H3,(H,26,29). The van der Waals surface area contributed by atoms with E-state index in [4.69, 9.17) is 9.47 Å². The van der Waals surface area contributed by atoms with Gasteiger partial charge in [0.25, 0.3) is 0 Å². The smallest absolute Gasteiger partial charge is 0.325 e. The Morgan fingerprint density at radius 2 is 1.62 bits per heavy atom. The third kappa shape index (κ3) is 4.37. The Bertz CT molecular complexity index is 1120. The highest BCUT2D eigenvalue weighted by Gasteiger charge is 2.31. The van der Waals surface area contributed by atoms with Gasteiger partial charge in [-0.1, -0.05) is 48.5 Å². The maximum absolute atomic E-state index is 12.9. The number of hydrogen-bond acceptors (Lipinski definition) is 4. The lowest BCUT2D eigenvalue weighted by molar-refractivity contribution is -0.116. The largest absolute Gasteiger partial charge is 0.493 e. The summed E-state index contributed by atoms with van der Waals surface area (Å²) in [4.78, 5) is 28.9. The predicted molar refractivity (Wildman–Crippen MR) is 124 cm³/mol. The molecule has 0 radical (unpaired) electrons. The fraction of sp³-hybridized carbons (Fsp3) is 0.200. The number of methoxy groups -OCH3 is 2. The Morgan fingerprint density at radius 3 is 2.38 bits per heavy atom. The number of para-hydroxylation sites is 1. The van der Waals surface area contributed by atoms with Crippen LogP contribution in [0.5, 0.6) is 11.5 Å². The van der Waals surface area contributed by atoms with E-state index in [1.165, 1.54) is 4.90 Å². The average molecular weight is 431 g/mol. The monoisotopic (exact) mass is 431 g/mol. The van der Waals surface area contributed by atoms with Crippen LogP contribution in [-0.4, -0.2) is 50.7 Å². The summed E-state index contributed by atoms with van der Waals surface area (Å²) in [6.07, 6.45) is 0. The molecule has 1 heterocycles. The van der Waals surface area contributed by atoms with Crippen molar-refractivity contribution >= 4 is 23.3 Å². The van der Waals surface area contributed by atoms with Gasteiger partial charge in [0.15, 0.2) is 11.5 Å². The van der Waals surface area contributed by atoms with E-state index < -0.39 is 0 Å². The topological polar surface area (TPSA) is 71.1 Å². The molecule has 0 spiro atoms. The van der Waals surface area contributed by atoms with E-state index in [1.54, 1.807) is 37.3 Å². The number of anilines is 2. The first-order valence-corrected chi connectivity index (χ1v) is 10.3. The van der Waals surface area contributed by atoms with Crippen LogP contribution in [0.3, 0.4) is 0 Å². The van der Waals surface area contributed by atoms with Gasteiger partial charge < -0.3 is 19.7 Å². The minimum atomic E-state index is -0.240. The number of nitrogens with one attached hydrogen (secondary N) is 1. The van der Waals surface area contributed by atoms with Crippen molar-refractivity contribution in [3.05, 3.63) is 72.8 Å². The molecular weight excluding hydrogens is 406 g/mol. The molecule has 0 atom stereocenters. The summed E-state index contributed by atoms with van der Waals surface area (Å²) in [5.41, 5.74) is 3.36. The molecule has 3 aromatic rings. The Morgan fingerprint density at radius 1 is 0.906 bits per heavy atom. The van der Waals surface area contributed by atoms with E-state index >= 15 is 0 Å². The van der Waals surface area contributed by atoms with E-state index in [9.17, 15) is 9.59 Å². The first kappa shape index (κ1) is 21.2. The SMILES string of the molecule is COc1ccc(N2CCN(CC(=O)Nc3ccccc3-c3ccccc3)C2=O)cc1OC. The molecule has 3 amide bonds. The first-order chi connectivity index (χ1) is 15.6. The molecule has 0 unspecified atom stereocenters. The molecule has 1 aliphatic heterocycles. The van der Waals surface area contributed by atoms with Gasteiger partial charge in [0, 0.05) is 36.1 Å². The quantitative estimate of drug-likeness (QED) is 0.607. The number of rotatable bonds is 7. The number of carbonyl (C=O) groups excluding carboxylic acids is 2. The first-order valence-electron chi connectivity index (χ1n) is 10.3. The van der Waals surface area contributed by atoms with Crippen LogP contribution < -0.4 is 19.7 Å². The zero-order valence-corrected chi connectivity index (χ0v) is 18.1. The highest BCUT2D eigenvalue weighted by molar-refractivity contribution is 6.01. The number of ether oxygens (including phenoxy) is 2. The van der Waals surface area contributed by atoms with Crippen molar-refractivity contribution in [1.82, 2.24) is 4.90 Å². The molecule has 0 bridgehead atoms. The molecule has 7 nitrogen and oxygen atoms in total. The third-order valence-corrected chi connectivity index (χ3v) is 5.39. The van der Waals surface area contributed by atoms with Crippen molar-refractivity contribution in [3.63, 3.8) is 0 Å². The lowest BCUT2D eigenvalue weighted by atomic mass is 10.0. The maximum atomic E-state index is 12.9. The molecule has 32 heavy (non-hydrogen) atoms. The van der Waals surface area contributed by atoms with E-state index in [1.807, 2.05) is 54.6 Å². The van der Waals surface area contributed by atoms with Gasteiger partial charge in [-0.3, -0.25) is 9.69 Å². The molecule has 7 heteroatoms. The fourth-order valence-corrected chi connectivity index (χ4v) is 3.79. The van der Waals surface area contributed by atoms with Crippen LogP contribution in [0, 0.1) is 0 Å². The second-order valence-electron chi connectivity index (χ2n) is 7.35. The number of nitrogens with zero attached hydrogens (tertiary/aromatic N) is 2. The van der Waals surface area contributed by atoms with Gasteiger partial charge in [-0.2, -0.15) is 0 Å². The Labute approximate surface area is 187 Å². The Kier molecular flexibility index (Phi) is 6.26. The van der Waals surface area contributed by atoms with Crippen LogP contribution in [0.2, 0.25) is 0 Å². The number of hydrogen-bond donors (Lipinski definition) is 1. The summed E-state index contributed by atoms with van der Waals surface area (Å²) in [7, 11) is 3.12. The average Bonchev–Trinajstić information content (AvgIpc) is 3.19. The number of carbonyl (C=O) groups is 2.